The van der Waals surface area contributed by atoms with Gasteiger partial charge in [0.2, 0.25) is 5.91 Å². The zero-order valence-corrected chi connectivity index (χ0v) is 32.7. The highest BCUT2D eigenvalue weighted by Gasteiger charge is 2.33. The maximum atomic E-state index is 13.5. The van der Waals surface area contributed by atoms with Crippen molar-refractivity contribution < 1.29 is 37.5 Å². The quantitative estimate of drug-likeness (QED) is 0.143. The molecular formula is C42H40F2N10O6. The van der Waals surface area contributed by atoms with Crippen LogP contribution in [0.3, 0.4) is 0 Å². The molecule has 2 fully saturated rings. The zero-order chi connectivity index (χ0) is 43.2. The molecule has 0 saturated carbocycles. The maximum Gasteiger partial charge on any atom is 0.310 e. The second-order valence-electron chi connectivity index (χ2n) is 14.0. The predicted octanol–water partition coefficient (Wildman–Crippen LogP) is 3.88. The van der Waals surface area contributed by atoms with Crippen LogP contribution in [0.1, 0.15) is 41.5 Å². The molecule has 0 atom stereocenters. The van der Waals surface area contributed by atoms with Crippen molar-refractivity contribution in [3.8, 4) is 22.5 Å². The van der Waals surface area contributed by atoms with Gasteiger partial charge in [0, 0.05) is 87.3 Å². The fourth-order valence-electron chi connectivity index (χ4n) is 6.48. The number of nitrogen functional groups attached to an aromatic ring is 2. The lowest BCUT2D eigenvalue weighted by Crippen LogP contribution is -2.60. The lowest BCUT2D eigenvalue weighted by atomic mass is 10.0. The Hall–Kier alpha value is -7.47. The number of fused-ring (bicyclic) bond motifs is 2. The highest BCUT2D eigenvalue weighted by atomic mass is 19.1. The number of rotatable bonds is 5. The van der Waals surface area contributed by atoms with Gasteiger partial charge in [-0.15, -0.1) is 0 Å². The number of nitrogens with zero attached hydrogens (tertiary/aromatic N) is 6. The molecule has 2 aromatic carbocycles. The largest absolute Gasteiger partial charge is 0.394 e. The summed E-state index contributed by atoms with van der Waals surface area (Å²) in [5.74, 6) is -1.86. The summed E-state index contributed by atoms with van der Waals surface area (Å²) in [5.41, 5.74) is 21.7. The summed E-state index contributed by atoms with van der Waals surface area (Å²) in [6, 6.07) is 19.2. The number of pyridine rings is 4. The highest BCUT2D eigenvalue weighted by Crippen LogP contribution is 2.29. The molecular weight excluding hydrogens is 779 g/mol. The number of anilines is 2. The third kappa shape index (κ3) is 9.79. The molecule has 6 aromatic rings. The number of benzene rings is 2. The number of nitrogens with two attached hydrogens (primary N) is 3. The Labute approximate surface area is 341 Å². The Balaban J connectivity index is 0.000000175. The van der Waals surface area contributed by atoms with Gasteiger partial charge < -0.3 is 37.1 Å². The molecule has 2 aliphatic heterocycles. The summed E-state index contributed by atoms with van der Waals surface area (Å²) in [6.45, 7) is 5.75. The Morgan fingerprint density at radius 1 is 0.667 bits per heavy atom. The number of amides is 3. The first-order valence-corrected chi connectivity index (χ1v) is 18.5. The standard InChI is InChI=1S/C20H18FN5O2.C18H16FN5O.C4H6O3/c1-11(27)24-14-9-26(10-14)20(28)16-8-23-19(22)18-15(16)5-6-17(25-18)12-3-2-4-13(21)7-12;19-11-3-1-2-10(6-11)15-5-4-13-14(7-22-17(21)16(13)23-15)18(25)24-8-12(20)9-24;1-3(5)7-4(2)6/h2-8,14H,9-10H2,1H3,(H2,22,23)(H,24,27);1-7,12H,8-9,20H2,(H2,21,22);1-2H3. The first kappa shape index (κ1) is 42.1. The van der Waals surface area contributed by atoms with Crippen LogP contribution in [0.25, 0.3) is 44.3 Å². The number of aromatic nitrogens is 4. The fourth-order valence-corrected chi connectivity index (χ4v) is 6.48. The van der Waals surface area contributed by atoms with Crippen molar-refractivity contribution in [2.45, 2.75) is 32.9 Å². The molecule has 60 heavy (non-hydrogen) atoms. The first-order valence-electron chi connectivity index (χ1n) is 18.5. The summed E-state index contributed by atoms with van der Waals surface area (Å²) in [5, 5.41) is 3.99. The third-order valence-electron chi connectivity index (χ3n) is 9.28. The van der Waals surface area contributed by atoms with E-state index in [-0.39, 0.29) is 53.1 Å². The van der Waals surface area contributed by atoms with Gasteiger partial charge in [-0.25, -0.2) is 28.7 Å². The molecule has 2 aliphatic rings. The Kier molecular flexibility index (Phi) is 12.6. The summed E-state index contributed by atoms with van der Waals surface area (Å²) in [7, 11) is 0. The molecule has 4 aromatic heterocycles. The summed E-state index contributed by atoms with van der Waals surface area (Å²) >= 11 is 0. The normalized spacial score (nSPS) is 13.5. The van der Waals surface area contributed by atoms with E-state index < -0.39 is 11.9 Å². The Morgan fingerprint density at radius 2 is 1.10 bits per heavy atom. The molecule has 6 heterocycles. The molecule has 0 radical (unpaired) electrons. The van der Waals surface area contributed by atoms with Crippen molar-refractivity contribution in [2.75, 3.05) is 37.6 Å². The molecule has 0 aliphatic carbocycles. The van der Waals surface area contributed by atoms with Crippen LogP contribution in [-0.2, 0) is 19.1 Å². The van der Waals surface area contributed by atoms with E-state index >= 15 is 0 Å². The van der Waals surface area contributed by atoms with Crippen molar-refractivity contribution in [3.63, 3.8) is 0 Å². The molecule has 0 bridgehead atoms. The van der Waals surface area contributed by atoms with Crippen LogP contribution in [0.5, 0.6) is 0 Å². The molecule has 0 spiro atoms. The van der Waals surface area contributed by atoms with Crippen LogP contribution in [-0.4, -0.2) is 97.7 Å². The molecule has 7 N–H and O–H groups in total. The van der Waals surface area contributed by atoms with Crippen molar-refractivity contribution in [3.05, 3.63) is 108 Å². The Morgan fingerprint density at radius 3 is 1.47 bits per heavy atom. The molecule has 3 amide bonds. The van der Waals surface area contributed by atoms with E-state index in [9.17, 15) is 32.8 Å². The zero-order valence-electron chi connectivity index (χ0n) is 32.7. The van der Waals surface area contributed by atoms with E-state index in [1.54, 1.807) is 58.3 Å². The topological polar surface area (TPSA) is 243 Å². The maximum absolute atomic E-state index is 13.5. The lowest BCUT2D eigenvalue weighted by Gasteiger charge is -2.39. The lowest BCUT2D eigenvalue weighted by molar-refractivity contribution is -0.156. The minimum atomic E-state index is -0.562. The number of nitrogens with one attached hydrogen (secondary N) is 1. The van der Waals surface area contributed by atoms with Crippen molar-refractivity contribution in [1.82, 2.24) is 35.1 Å². The van der Waals surface area contributed by atoms with Crippen molar-refractivity contribution in [1.29, 1.82) is 0 Å². The first-order chi connectivity index (χ1) is 28.6. The van der Waals surface area contributed by atoms with E-state index in [1.165, 1.54) is 57.4 Å². The SMILES string of the molecule is CC(=O)NC1CN(C(=O)c2cnc(N)c3nc(-c4cccc(F)c4)ccc23)C1.CC(=O)OC(C)=O.Nc1ncc(C(=O)N2CC(N)C2)c2ccc(-c3cccc(F)c3)nc12. The minimum Gasteiger partial charge on any atom is -0.394 e. The summed E-state index contributed by atoms with van der Waals surface area (Å²) in [6.07, 6.45) is 2.91. The van der Waals surface area contributed by atoms with Crippen LogP contribution in [0.2, 0.25) is 0 Å². The number of carbonyl (C=O) groups excluding carboxylic acids is 5. The molecule has 16 nitrogen and oxygen atoms in total. The Bertz CT molecular complexity index is 2640. The molecule has 0 unspecified atom stereocenters. The van der Waals surface area contributed by atoms with Crippen LogP contribution >= 0.6 is 0 Å². The van der Waals surface area contributed by atoms with Gasteiger partial charge in [0.05, 0.1) is 28.6 Å². The number of carbonyl (C=O) groups is 5. The van der Waals surface area contributed by atoms with Crippen LogP contribution < -0.4 is 22.5 Å². The number of likely N-dealkylation sites (tertiary alicyclic amines) is 2. The van der Waals surface area contributed by atoms with Gasteiger partial charge >= 0.3 is 11.9 Å². The van der Waals surface area contributed by atoms with Crippen LogP contribution in [0.15, 0.2) is 85.2 Å². The summed E-state index contributed by atoms with van der Waals surface area (Å²) < 4.78 is 30.9. The van der Waals surface area contributed by atoms with Crippen LogP contribution in [0.4, 0.5) is 20.4 Å². The van der Waals surface area contributed by atoms with E-state index in [0.717, 1.165) is 0 Å². The minimum absolute atomic E-state index is 0.0228. The molecule has 2 saturated heterocycles. The smallest absolute Gasteiger partial charge is 0.310 e. The van der Waals surface area contributed by atoms with Gasteiger partial charge in [-0.05, 0) is 48.5 Å². The van der Waals surface area contributed by atoms with Gasteiger partial charge in [-0.2, -0.15) is 0 Å². The number of hydrogen-bond donors (Lipinski definition) is 4. The van der Waals surface area contributed by atoms with Gasteiger partial charge in [-0.3, -0.25) is 24.0 Å². The van der Waals surface area contributed by atoms with Gasteiger partial charge in [0.15, 0.2) is 0 Å². The molecule has 308 valence electrons. The average Bonchev–Trinajstić information content (AvgIpc) is 3.17. The van der Waals surface area contributed by atoms with Crippen molar-refractivity contribution in [2.24, 2.45) is 5.73 Å². The monoisotopic (exact) mass is 818 g/mol. The van der Waals surface area contributed by atoms with E-state index in [0.29, 0.717) is 81.6 Å². The number of ether oxygens (including phenoxy) is 1. The molecule has 8 rings (SSSR count). The fraction of sp³-hybridized carbons (Fsp3) is 0.214. The van der Waals surface area contributed by atoms with E-state index in [4.69, 9.17) is 17.2 Å². The summed E-state index contributed by atoms with van der Waals surface area (Å²) in [4.78, 5) is 76.7. The number of halogens is 2. The van der Waals surface area contributed by atoms with E-state index in [1.807, 2.05) is 0 Å². The number of esters is 2. The average molecular weight is 819 g/mol. The van der Waals surface area contributed by atoms with E-state index in [2.05, 4.69) is 30.0 Å². The second kappa shape index (κ2) is 18.0. The number of hydrogen-bond acceptors (Lipinski definition) is 13. The third-order valence-corrected chi connectivity index (χ3v) is 9.28. The van der Waals surface area contributed by atoms with Gasteiger partial charge in [0.25, 0.3) is 11.8 Å². The van der Waals surface area contributed by atoms with Gasteiger partial charge in [0.1, 0.15) is 34.3 Å². The predicted molar refractivity (Wildman–Crippen MR) is 219 cm³/mol. The van der Waals surface area contributed by atoms with Gasteiger partial charge in [-0.1, -0.05) is 24.3 Å². The van der Waals surface area contributed by atoms with Crippen LogP contribution in [0, 0.1) is 11.6 Å². The molecule has 18 heteroatoms. The second-order valence-corrected chi connectivity index (χ2v) is 14.0. The highest BCUT2D eigenvalue weighted by molar-refractivity contribution is 6.09. The van der Waals surface area contributed by atoms with Crippen molar-refractivity contribution >= 4 is 63.1 Å².